The molecule has 6 nitrogen and oxygen atoms in total. The Bertz CT molecular complexity index is 1050. The van der Waals surface area contributed by atoms with Crippen molar-refractivity contribution < 1.29 is 13.9 Å². The fourth-order valence-corrected chi connectivity index (χ4v) is 3.66. The van der Waals surface area contributed by atoms with Crippen molar-refractivity contribution in [1.29, 1.82) is 0 Å². The van der Waals surface area contributed by atoms with Crippen LogP contribution in [0.3, 0.4) is 0 Å². The van der Waals surface area contributed by atoms with Crippen LogP contribution in [-0.2, 0) is 6.61 Å². The van der Waals surface area contributed by atoms with E-state index in [1.165, 1.54) is 5.57 Å². The van der Waals surface area contributed by atoms with Crippen LogP contribution in [0.4, 0.5) is 6.01 Å². The summed E-state index contributed by atoms with van der Waals surface area (Å²) in [6, 6.07) is 10.2. The second-order valence-corrected chi connectivity index (χ2v) is 7.05. The third kappa shape index (κ3) is 3.22. The van der Waals surface area contributed by atoms with Crippen LogP contribution in [0.5, 0.6) is 11.5 Å². The summed E-state index contributed by atoms with van der Waals surface area (Å²) in [5.41, 5.74) is 3.84. The minimum Gasteiger partial charge on any atom is -0.495 e. The minimum atomic E-state index is 0.384. The standard InChI is InChI=1S/C22H21N3O3/c1-26-19-6-5-17(23-12-19)14-27-18-7-8-21-20(11-18)24-22(28-21)25-10-9-15-3-2-4-16(15)13-25/h2-8,11-12,15H,9-10,13-14H2,1H3. The topological polar surface area (TPSA) is 60.6 Å². The number of hydrogen-bond donors (Lipinski definition) is 0. The largest absolute Gasteiger partial charge is 0.495 e. The van der Waals surface area contributed by atoms with Gasteiger partial charge < -0.3 is 18.8 Å². The van der Waals surface area contributed by atoms with Crippen molar-refractivity contribution in [3.05, 3.63) is 66.0 Å². The summed E-state index contributed by atoms with van der Waals surface area (Å²) in [5.74, 6) is 2.06. The summed E-state index contributed by atoms with van der Waals surface area (Å²) in [6.07, 6.45) is 9.42. The molecule has 0 radical (unpaired) electrons. The maximum Gasteiger partial charge on any atom is 0.298 e. The summed E-state index contributed by atoms with van der Waals surface area (Å²) in [7, 11) is 1.62. The maximum absolute atomic E-state index is 5.98. The van der Waals surface area contributed by atoms with E-state index in [4.69, 9.17) is 13.9 Å². The summed E-state index contributed by atoms with van der Waals surface area (Å²) in [6.45, 7) is 2.21. The van der Waals surface area contributed by atoms with Crippen molar-refractivity contribution in [2.75, 3.05) is 25.1 Å². The number of rotatable bonds is 5. The van der Waals surface area contributed by atoms with Crippen LogP contribution in [0, 0.1) is 5.92 Å². The van der Waals surface area contributed by atoms with Crippen LogP contribution in [0.15, 0.2) is 64.7 Å². The fourth-order valence-electron chi connectivity index (χ4n) is 3.66. The molecule has 0 spiro atoms. The van der Waals surface area contributed by atoms with Crippen LogP contribution >= 0.6 is 0 Å². The average Bonchev–Trinajstić information content (AvgIpc) is 3.38. The quantitative estimate of drug-likeness (QED) is 0.668. The van der Waals surface area contributed by atoms with Gasteiger partial charge in [-0.2, -0.15) is 4.98 Å². The van der Waals surface area contributed by atoms with E-state index in [2.05, 4.69) is 33.1 Å². The molecule has 6 heteroatoms. The van der Waals surface area contributed by atoms with E-state index in [0.29, 0.717) is 18.5 Å². The zero-order chi connectivity index (χ0) is 18.9. The van der Waals surface area contributed by atoms with Crippen LogP contribution in [0.25, 0.3) is 11.1 Å². The van der Waals surface area contributed by atoms with E-state index >= 15 is 0 Å². The minimum absolute atomic E-state index is 0.384. The van der Waals surface area contributed by atoms with Crippen LogP contribution in [-0.4, -0.2) is 30.2 Å². The molecule has 142 valence electrons. The molecule has 1 saturated heterocycles. The van der Waals surface area contributed by atoms with Crippen molar-refractivity contribution in [1.82, 2.24) is 9.97 Å². The van der Waals surface area contributed by atoms with Gasteiger partial charge in [-0.25, -0.2) is 0 Å². The van der Waals surface area contributed by atoms with Gasteiger partial charge in [0.1, 0.15) is 23.6 Å². The number of anilines is 1. The van der Waals surface area contributed by atoms with E-state index in [0.717, 1.165) is 47.8 Å². The highest BCUT2D eigenvalue weighted by molar-refractivity contribution is 5.76. The fraction of sp³-hybridized carbons (Fsp3) is 0.273. The lowest BCUT2D eigenvalue weighted by molar-refractivity contribution is 0.301. The van der Waals surface area contributed by atoms with Gasteiger partial charge in [0.15, 0.2) is 5.58 Å². The molecule has 0 bridgehead atoms. The zero-order valence-electron chi connectivity index (χ0n) is 15.7. The lowest BCUT2D eigenvalue weighted by atomic mass is 9.95. The molecule has 1 aliphatic heterocycles. The van der Waals surface area contributed by atoms with Gasteiger partial charge in [-0.15, -0.1) is 0 Å². The first-order valence-electron chi connectivity index (χ1n) is 9.43. The van der Waals surface area contributed by atoms with E-state index in [1.807, 2.05) is 30.3 Å². The molecule has 3 aromatic rings. The Kier molecular flexibility index (Phi) is 4.24. The normalized spacial score (nSPS) is 18.2. The first-order valence-corrected chi connectivity index (χ1v) is 9.43. The monoisotopic (exact) mass is 375 g/mol. The maximum atomic E-state index is 5.98. The predicted molar refractivity (Wildman–Crippen MR) is 107 cm³/mol. The van der Waals surface area contributed by atoms with Crippen molar-refractivity contribution in [2.24, 2.45) is 5.92 Å². The number of hydrogen-bond acceptors (Lipinski definition) is 6. The molecule has 1 fully saturated rings. The first kappa shape index (κ1) is 16.9. The molecule has 3 heterocycles. The van der Waals surface area contributed by atoms with E-state index in [1.54, 1.807) is 13.3 Å². The molecular weight excluding hydrogens is 354 g/mol. The van der Waals surface area contributed by atoms with Crippen molar-refractivity contribution in [3.63, 3.8) is 0 Å². The van der Waals surface area contributed by atoms with Gasteiger partial charge in [0.2, 0.25) is 0 Å². The number of piperidine rings is 1. The first-order chi connectivity index (χ1) is 13.8. The molecular formula is C22H21N3O3. The van der Waals surface area contributed by atoms with Crippen LogP contribution in [0.2, 0.25) is 0 Å². The Hall–Kier alpha value is -3.28. The number of oxazole rings is 1. The summed E-state index contributed by atoms with van der Waals surface area (Å²) >= 11 is 0. The van der Waals surface area contributed by atoms with E-state index in [-0.39, 0.29) is 0 Å². The number of fused-ring (bicyclic) bond motifs is 2. The summed E-state index contributed by atoms with van der Waals surface area (Å²) in [5, 5.41) is 0. The number of aromatic nitrogens is 2. The van der Waals surface area contributed by atoms with Crippen molar-refractivity contribution in [3.8, 4) is 11.5 Å². The second-order valence-electron chi connectivity index (χ2n) is 7.05. The Balaban J connectivity index is 1.29. The molecule has 1 aliphatic carbocycles. The SMILES string of the molecule is COc1ccc(COc2ccc3oc(N4CCC5C=CC=C5C4)nc3c2)nc1. The molecule has 0 amide bonds. The smallest absolute Gasteiger partial charge is 0.298 e. The van der Waals surface area contributed by atoms with Gasteiger partial charge in [0.25, 0.3) is 6.01 Å². The lowest BCUT2D eigenvalue weighted by Crippen LogP contribution is -2.34. The molecule has 28 heavy (non-hydrogen) atoms. The molecule has 5 rings (SSSR count). The molecule has 2 aliphatic rings. The van der Waals surface area contributed by atoms with Gasteiger partial charge >= 0.3 is 0 Å². The van der Waals surface area contributed by atoms with Gasteiger partial charge in [-0.1, -0.05) is 18.2 Å². The number of ether oxygens (including phenoxy) is 2. The number of methoxy groups -OCH3 is 1. The molecule has 1 aromatic carbocycles. The lowest BCUT2D eigenvalue weighted by Gasteiger charge is -2.30. The number of allylic oxidation sites excluding steroid dienone is 3. The Morgan fingerprint density at radius 1 is 1.21 bits per heavy atom. The predicted octanol–water partition coefficient (Wildman–Crippen LogP) is 4.13. The van der Waals surface area contributed by atoms with Gasteiger partial charge in [-0.05, 0) is 36.3 Å². The third-order valence-corrected chi connectivity index (χ3v) is 5.25. The summed E-state index contributed by atoms with van der Waals surface area (Å²) in [4.78, 5) is 11.2. The second kappa shape index (κ2) is 7.03. The average molecular weight is 375 g/mol. The van der Waals surface area contributed by atoms with E-state index in [9.17, 15) is 0 Å². The molecule has 1 atom stereocenters. The van der Waals surface area contributed by atoms with Gasteiger partial charge in [0, 0.05) is 25.1 Å². The highest BCUT2D eigenvalue weighted by Gasteiger charge is 2.26. The highest BCUT2D eigenvalue weighted by Crippen LogP contribution is 2.32. The highest BCUT2D eigenvalue weighted by atomic mass is 16.5. The Morgan fingerprint density at radius 2 is 2.14 bits per heavy atom. The molecule has 0 saturated carbocycles. The molecule has 1 unspecified atom stereocenters. The molecule has 2 aromatic heterocycles. The van der Waals surface area contributed by atoms with Gasteiger partial charge in [0.05, 0.1) is 19.0 Å². The van der Waals surface area contributed by atoms with E-state index < -0.39 is 0 Å². The summed E-state index contributed by atoms with van der Waals surface area (Å²) < 4.78 is 17.0. The molecule has 0 N–H and O–H groups in total. The zero-order valence-corrected chi connectivity index (χ0v) is 15.7. The van der Waals surface area contributed by atoms with Crippen molar-refractivity contribution >= 4 is 17.1 Å². The van der Waals surface area contributed by atoms with Gasteiger partial charge in [-0.3, -0.25) is 4.98 Å². The van der Waals surface area contributed by atoms with Crippen LogP contribution < -0.4 is 14.4 Å². The Morgan fingerprint density at radius 3 is 3.00 bits per heavy atom. The third-order valence-electron chi connectivity index (χ3n) is 5.25. The number of pyridine rings is 1. The number of benzene rings is 1. The van der Waals surface area contributed by atoms with Crippen molar-refractivity contribution in [2.45, 2.75) is 13.0 Å². The van der Waals surface area contributed by atoms with Crippen LogP contribution in [0.1, 0.15) is 12.1 Å². The Labute approximate surface area is 163 Å². The number of nitrogens with zero attached hydrogens (tertiary/aromatic N) is 3.